The van der Waals surface area contributed by atoms with E-state index >= 15 is 0 Å². The van der Waals surface area contributed by atoms with Gasteiger partial charge in [0.15, 0.2) is 16.8 Å². The molecule has 0 fully saturated rings. The molecular formula is C15H11F2N3OS. The van der Waals surface area contributed by atoms with Crippen molar-refractivity contribution in [2.24, 2.45) is 0 Å². The molecule has 0 aliphatic rings. The fourth-order valence-corrected chi connectivity index (χ4v) is 2.83. The van der Waals surface area contributed by atoms with Crippen molar-refractivity contribution in [2.75, 3.05) is 5.73 Å². The second kappa shape index (κ2) is 5.76. The van der Waals surface area contributed by atoms with Crippen LogP contribution in [0.2, 0.25) is 0 Å². The third-order valence-corrected chi connectivity index (χ3v) is 3.94. The minimum absolute atomic E-state index is 0.186. The van der Waals surface area contributed by atoms with Gasteiger partial charge in [0.05, 0.1) is 0 Å². The highest BCUT2D eigenvalue weighted by atomic mass is 32.2. The number of benzene rings is 2. The number of thioether (sulfide) groups is 1. The van der Waals surface area contributed by atoms with E-state index in [-0.39, 0.29) is 11.7 Å². The molecule has 0 atom stereocenters. The van der Waals surface area contributed by atoms with Crippen molar-refractivity contribution in [1.82, 2.24) is 9.97 Å². The molecule has 0 unspecified atom stereocenters. The summed E-state index contributed by atoms with van der Waals surface area (Å²) in [5.74, 6) is -1.23. The first-order valence-corrected chi connectivity index (χ1v) is 7.34. The molecular weight excluding hydrogens is 308 g/mol. The predicted octanol–water partition coefficient (Wildman–Crippen LogP) is 3.49. The highest BCUT2D eigenvalue weighted by molar-refractivity contribution is 7.98. The number of anilines is 1. The summed E-state index contributed by atoms with van der Waals surface area (Å²) in [7, 11) is 0. The Kier molecular flexibility index (Phi) is 3.81. The molecule has 0 radical (unpaired) electrons. The molecule has 1 heterocycles. The van der Waals surface area contributed by atoms with E-state index in [1.54, 1.807) is 12.1 Å². The summed E-state index contributed by atoms with van der Waals surface area (Å²) >= 11 is 1.29. The van der Waals surface area contributed by atoms with Crippen molar-refractivity contribution in [1.29, 1.82) is 0 Å². The summed E-state index contributed by atoms with van der Waals surface area (Å²) in [6.07, 6.45) is 0. The van der Waals surface area contributed by atoms with Crippen LogP contribution in [-0.2, 0) is 5.75 Å². The lowest BCUT2D eigenvalue weighted by molar-refractivity contribution is 0.446. The van der Waals surface area contributed by atoms with E-state index in [4.69, 9.17) is 5.73 Å². The van der Waals surface area contributed by atoms with Crippen LogP contribution >= 0.6 is 11.8 Å². The Morgan fingerprint density at radius 2 is 1.73 bits per heavy atom. The Balaban J connectivity index is 1.83. The van der Waals surface area contributed by atoms with Gasteiger partial charge in [-0.3, -0.25) is 0 Å². The zero-order valence-corrected chi connectivity index (χ0v) is 12.1. The summed E-state index contributed by atoms with van der Waals surface area (Å²) in [6, 6.07) is 8.92. The van der Waals surface area contributed by atoms with E-state index in [1.165, 1.54) is 30.0 Å². The Morgan fingerprint density at radius 3 is 2.45 bits per heavy atom. The number of nitrogens with zero attached hydrogens (tertiary/aromatic N) is 2. The molecule has 0 aliphatic carbocycles. The summed E-state index contributed by atoms with van der Waals surface area (Å²) in [5.41, 5.74) is 6.43. The maximum Gasteiger partial charge on any atom is 0.216 e. The second-order valence-corrected chi connectivity index (χ2v) is 5.61. The highest BCUT2D eigenvalue weighted by Gasteiger charge is 2.07. The van der Waals surface area contributed by atoms with Gasteiger partial charge in [0.25, 0.3) is 0 Å². The van der Waals surface area contributed by atoms with E-state index in [9.17, 15) is 13.9 Å². The van der Waals surface area contributed by atoms with Crippen molar-refractivity contribution in [3.05, 3.63) is 53.6 Å². The molecule has 7 heteroatoms. The van der Waals surface area contributed by atoms with Crippen LogP contribution in [0, 0.1) is 11.6 Å². The molecule has 112 valence electrons. The van der Waals surface area contributed by atoms with Gasteiger partial charge in [-0.15, -0.1) is 0 Å². The largest absolute Gasteiger partial charge is 0.493 e. The first-order valence-electron chi connectivity index (χ1n) is 6.35. The van der Waals surface area contributed by atoms with E-state index in [2.05, 4.69) is 9.97 Å². The Hall–Kier alpha value is -2.41. The number of hydrogen-bond acceptors (Lipinski definition) is 5. The Labute approximate surface area is 129 Å². The standard InChI is InChI=1S/C15H11F2N3OS/c16-11-4-9-2-1-8(3-10(9)5-12(11)17)7-22-15-19-13(18)6-14(21)20-15/h1-6H,7H2,(H3,18,19,20,21). The summed E-state index contributed by atoms with van der Waals surface area (Å²) in [5, 5.41) is 11.0. The summed E-state index contributed by atoms with van der Waals surface area (Å²) in [4.78, 5) is 7.85. The zero-order chi connectivity index (χ0) is 15.7. The van der Waals surface area contributed by atoms with E-state index < -0.39 is 11.6 Å². The van der Waals surface area contributed by atoms with Crippen molar-refractivity contribution in [2.45, 2.75) is 10.9 Å². The van der Waals surface area contributed by atoms with Gasteiger partial charge in [0.1, 0.15) is 5.82 Å². The van der Waals surface area contributed by atoms with Crippen molar-refractivity contribution < 1.29 is 13.9 Å². The smallest absolute Gasteiger partial charge is 0.216 e. The Bertz CT molecular complexity index is 837. The van der Waals surface area contributed by atoms with Gasteiger partial charge in [-0.2, -0.15) is 4.98 Å². The molecule has 1 aromatic heterocycles. The average Bonchev–Trinajstić information content (AvgIpc) is 2.45. The first kappa shape index (κ1) is 14.5. The van der Waals surface area contributed by atoms with Crippen LogP contribution in [0.15, 0.2) is 41.6 Å². The number of nitrogen functional groups attached to an aromatic ring is 1. The van der Waals surface area contributed by atoms with Crippen LogP contribution in [0.1, 0.15) is 5.56 Å². The third-order valence-electron chi connectivity index (χ3n) is 3.02. The van der Waals surface area contributed by atoms with E-state index in [0.717, 1.165) is 5.56 Å². The van der Waals surface area contributed by atoms with Crippen LogP contribution < -0.4 is 5.73 Å². The minimum Gasteiger partial charge on any atom is -0.493 e. The normalized spacial score (nSPS) is 11.0. The van der Waals surface area contributed by atoms with Gasteiger partial charge in [-0.05, 0) is 28.5 Å². The SMILES string of the molecule is Nc1cc(O)nc(SCc2ccc3cc(F)c(F)cc3c2)n1. The molecule has 0 amide bonds. The van der Waals surface area contributed by atoms with E-state index in [1.807, 2.05) is 6.07 Å². The maximum atomic E-state index is 13.3. The van der Waals surface area contributed by atoms with Crippen molar-refractivity contribution in [3.63, 3.8) is 0 Å². The molecule has 22 heavy (non-hydrogen) atoms. The van der Waals surface area contributed by atoms with Gasteiger partial charge in [0, 0.05) is 11.8 Å². The molecule has 2 aromatic carbocycles. The average molecular weight is 319 g/mol. The molecule has 0 saturated carbocycles. The van der Waals surface area contributed by atoms with Crippen LogP contribution in [0.5, 0.6) is 5.88 Å². The molecule has 0 saturated heterocycles. The van der Waals surface area contributed by atoms with Gasteiger partial charge < -0.3 is 10.8 Å². The van der Waals surface area contributed by atoms with Crippen LogP contribution in [0.25, 0.3) is 10.8 Å². The number of aromatic hydroxyl groups is 1. The van der Waals surface area contributed by atoms with Crippen LogP contribution in [0.3, 0.4) is 0 Å². The van der Waals surface area contributed by atoms with Crippen molar-refractivity contribution in [3.8, 4) is 5.88 Å². The number of nitrogens with two attached hydrogens (primary N) is 1. The highest BCUT2D eigenvalue weighted by Crippen LogP contribution is 2.25. The quantitative estimate of drug-likeness (QED) is 0.571. The lowest BCUT2D eigenvalue weighted by atomic mass is 10.1. The number of fused-ring (bicyclic) bond motifs is 1. The number of rotatable bonds is 3. The number of hydrogen-bond donors (Lipinski definition) is 2. The van der Waals surface area contributed by atoms with Gasteiger partial charge >= 0.3 is 0 Å². The monoisotopic (exact) mass is 319 g/mol. The lowest BCUT2D eigenvalue weighted by Gasteiger charge is -2.05. The van der Waals surface area contributed by atoms with E-state index in [0.29, 0.717) is 21.7 Å². The fourth-order valence-electron chi connectivity index (χ4n) is 2.02. The number of halogens is 2. The molecule has 0 bridgehead atoms. The molecule has 3 N–H and O–H groups in total. The summed E-state index contributed by atoms with van der Waals surface area (Å²) in [6.45, 7) is 0. The Morgan fingerprint density at radius 1 is 1.00 bits per heavy atom. The van der Waals surface area contributed by atoms with Crippen molar-refractivity contribution >= 4 is 28.4 Å². The zero-order valence-electron chi connectivity index (χ0n) is 11.3. The van der Waals surface area contributed by atoms with Gasteiger partial charge in [0.2, 0.25) is 5.88 Å². The first-order chi connectivity index (χ1) is 10.5. The van der Waals surface area contributed by atoms with Crippen LogP contribution in [-0.4, -0.2) is 15.1 Å². The fraction of sp³-hybridized carbons (Fsp3) is 0.0667. The molecule has 3 aromatic rings. The number of aromatic nitrogens is 2. The maximum absolute atomic E-state index is 13.3. The van der Waals surface area contributed by atoms with Gasteiger partial charge in [-0.1, -0.05) is 30.0 Å². The molecule has 0 spiro atoms. The second-order valence-electron chi connectivity index (χ2n) is 4.67. The lowest BCUT2D eigenvalue weighted by Crippen LogP contribution is -1.94. The van der Waals surface area contributed by atoms with Gasteiger partial charge in [-0.25, -0.2) is 13.8 Å². The topological polar surface area (TPSA) is 72.0 Å². The molecule has 0 aliphatic heterocycles. The van der Waals surface area contributed by atoms with Crippen LogP contribution in [0.4, 0.5) is 14.6 Å². The molecule has 4 nitrogen and oxygen atoms in total. The predicted molar refractivity (Wildman–Crippen MR) is 81.5 cm³/mol. The summed E-state index contributed by atoms with van der Waals surface area (Å²) < 4.78 is 26.4. The minimum atomic E-state index is -0.874. The molecule has 3 rings (SSSR count). The third kappa shape index (κ3) is 3.09.